The van der Waals surface area contributed by atoms with Gasteiger partial charge in [-0.1, -0.05) is 11.2 Å². The zero-order valence-electron chi connectivity index (χ0n) is 14.4. The summed E-state index contributed by atoms with van der Waals surface area (Å²) in [4.78, 5) is 22.3. The predicted molar refractivity (Wildman–Crippen MR) is 95.2 cm³/mol. The Labute approximate surface area is 151 Å². The summed E-state index contributed by atoms with van der Waals surface area (Å²) in [5.41, 5.74) is 0. The molecule has 2 atom stereocenters. The van der Waals surface area contributed by atoms with E-state index < -0.39 is 0 Å². The number of thiophene rings is 1. The highest BCUT2D eigenvalue weighted by molar-refractivity contribution is 7.13. The second-order valence-corrected chi connectivity index (χ2v) is 7.57. The van der Waals surface area contributed by atoms with Gasteiger partial charge in [0.15, 0.2) is 0 Å². The van der Waals surface area contributed by atoms with E-state index in [9.17, 15) is 4.79 Å². The fourth-order valence-electron chi connectivity index (χ4n) is 3.51. The van der Waals surface area contributed by atoms with Gasteiger partial charge in [-0.05, 0) is 37.8 Å². The van der Waals surface area contributed by atoms with E-state index in [2.05, 4.69) is 27.3 Å². The van der Waals surface area contributed by atoms with Crippen molar-refractivity contribution < 1.29 is 9.32 Å². The minimum atomic E-state index is 0.0215. The number of piperazine rings is 1. The first kappa shape index (κ1) is 16.7. The predicted octanol–water partition coefficient (Wildman–Crippen LogP) is 1.76. The van der Waals surface area contributed by atoms with Crippen LogP contribution in [0.5, 0.6) is 0 Å². The van der Waals surface area contributed by atoms with Crippen LogP contribution in [0.1, 0.15) is 31.7 Å². The van der Waals surface area contributed by atoms with Gasteiger partial charge in [-0.25, -0.2) is 0 Å². The van der Waals surface area contributed by atoms with Gasteiger partial charge in [0, 0.05) is 26.2 Å². The smallest absolute Gasteiger partial charge is 0.244 e. The molecule has 8 heteroatoms. The lowest BCUT2D eigenvalue weighted by atomic mass is 10.1. The first-order chi connectivity index (χ1) is 12.2. The molecule has 25 heavy (non-hydrogen) atoms. The van der Waals surface area contributed by atoms with Crippen LogP contribution in [0.15, 0.2) is 22.0 Å². The van der Waals surface area contributed by atoms with Crippen LogP contribution < -0.4 is 5.32 Å². The maximum atomic E-state index is 12.5. The van der Waals surface area contributed by atoms with Crippen molar-refractivity contribution >= 4 is 17.2 Å². The molecule has 2 saturated heterocycles. The first-order valence-corrected chi connectivity index (χ1v) is 9.74. The van der Waals surface area contributed by atoms with Crippen molar-refractivity contribution in [3.05, 3.63) is 23.4 Å². The molecule has 2 aromatic heterocycles. The summed E-state index contributed by atoms with van der Waals surface area (Å²) < 4.78 is 5.47. The molecule has 0 radical (unpaired) electrons. The minimum Gasteiger partial charge on any atom is -0.339 e. The van der Waals surface area contributed by atoms with Crippen molar-refractivity contribution in [2.24, 2.45) is 0 Å². The number of carbonyl (C=O) groups is 1. The molecule has 0 spiro atoms. The van der Waals surface area contributed by atoms with Crippen molar-refractivity contribution in [3.63, 3.8) is 0 Å². The van der Waals surface area contributed by atoms with Crippen LogP contribution in [0.3, 0.4) is 0 Å². The molecule has 0 aromatic carbocycles. The van der Waals surface area contributed by atoms with E-state index in [1.165, 1.54) is 0 Å². The summed E-state index contributed by atoms with van der Waals surface area (Å²) in [7, 11) is 0. The Morgan fingerprint density at radius 1 is 1.40 bits per heavy atom. The van der Waals surface area contributed by atoms with Gasteiger partial charge >= 0.3 is 0 Å². The number of rotatable bonds is 4. The molecule has 2 aromatic rings. The highest BCUT2D eigenvalue weighted by atomic mass is 32.1. The second-order valence-electron chi connectivity index (χ2n) is 6.62. The molecule has 134 valence electrons. The number of aromatic nitrogens is 2. The SMILES string of the molecule is CC(c1nc(-c2cccs2)no1)N1CCN(C(=O)[C@@H]2CCCN2)CC1. The minimum absolute atomic E-state index is 0.0215. The number of hydrogen-bond donors (Lipinski definition) is 1. The fraction of sp³-hybridized carbons (Fsp3) is 0.588. The number of carbonyl (C=O) groups excluding carboxylic acids is 1. The molecule has 7 nitrogen and oxygen atoms in total. The van der Waals surface area contributed by atoms with Crippen molar-refractivity contribution in [2.45, 2.75) is 31.8 Å². The average molecular weight is 361 g/mol. The monoisotopic (exact) mass is 361 g/mol. The van der Waals surface area contributed by atoms with Crippen molar-refractivity contribution in [1.82, 2.24) is 25.3 Å². The molecule has 4 heterocycles. The van der Waals surface area contributed by atoms with Gasteiger partial charge in [-0.3, -0.25) is 9.69 Å². The van der Waals surface area contributed by atoms with Crippen LogP contribution in [0.25, 0.3) is 10.7 Å². The summed E-state index contributed by atoms with van der Waals surface area (Å²) >= 11 is 1.60. The third-order valence-corrected chi connectivity index (χ3v) is 5.94. The fourth-order valence-corrected chi connectivity index (χ4v) is 4.16. The van der Waals surface area contributed by atoms with E-state index >= 15 is 0 Å². The topological polar surface area (TPSA) is 74.5 Å². The molecule has 4 rings (SSSR count). The molecule has 0 saturated carbocycles. The number of nitrogens with zero attached hydrogens (tertiary/aromatic N) is 4. The Hall–Kier alpha value is -1.77. The Kier molecular flexibility index (Phi) is 4.82. The summed E-state index contributed by atoms with van der Waals surface area (Å²) in [6.45, 7) is 6.21. The number of nitrogens with one attached hydrogen (secondary N) is 1. The van der Waals surface area contributed by atoms with Gasteiger partial charge < -0.3 is 14.7 Å². The Morgan fingerprint density at radius 2 is 2.24 bits per heavy atom. The maximum Gasteiger partial charge on any atom is 0.244 e. The van der Waals surface area contributed by atoms with Crippen LogP contribution in [0.2, 0.25) is 0 Å². The summed E-state index contributed by atoms with van der Waals surface area (Å²) in [5, 5.41) is 9.39. The van der Waals surface area contributed by atoms with E-state index in [4.69, 9.17) is 4.52 Å². The highest BCUT2D eigenvalue weighted by Crippen LogP contribution is 2.26. The maximum absolute atomic E-state index is 12.5. The summed E-state index contributed by atoms with van der Waals surface area (Å²) in [6, 6.07) is 4.05. The molecule has 1 amide bonds. The quantitative estimate of drug-likeness (QED) is 0.894. The largest absolute Gasteiger partial charge is 0.339 e. The highest BCUT2D eigenvalue weighted by Gasteiger charge is 2.31. The van der Waals surface area contributed by atoms with Crippen LogP contribution in [-0.2, 0) is 4.79 Å². The summed E-state index contributed by atoms with van der Waals surface area (Å²) in [6.07, 6.45) is 2.06. The van der Waals surface area contributed by atoms with Crippen LogP contribution in [0, 0.1) is 0 Å². The number of amides is 1. The van der Waals surface area contributed by atoms with Crippen molar-refractivity contribution in [3.8, 4) is 10.7 Å². The lowest BCUT2D eigenvalue weighted by Gasteiger charge is -2.37. The van der Waals surface area contributed by atoms with E-state index in [0.29, 0.717) is 11.7 Å². The van der Waals surface area contributed by atoms with Gasteiger partial charge in [0.2, 0.25) is 17.6 Å². The van der Waals surface area contributed by atoms with Crippen LogP contribution in [-0.4, -0.2) is 64.6 Å². The van der Waals surface area contributed by atoms with Crippen LogP contribution in [0.4, 0.5) is 0 Å². The molecule has 1 unspecified atom stereocenters. The molecular weight excluding hydrogens is 338 g/mol. The molecule has 2 aliphatic rings. The normalized spacial score (nSPS) is 23.1. The van der Waals surface area contributed by atoms with Gasteiger partial charge in [-0.15, -0.1) is 11.3 Å². The number of hydrogen-bond acceptors (Lipinski definition) is 7. The Bertz CT molecular complexity index is 702. The van der Waals surface area contributed by atoms with Crippen molar-refractivity contribution in [1.29, 1.82) is 0 Å². The lowest BCUT2D eigenvalue weighted by molar-refractivity contribution is -0.135. The lowest BCUT2D eigenvalue weighted by Crippen LogP contribution is -2.53. The second kappa shape index (κ2) is 7.23. The molecule has 1 N–H and O–H groups in total. The first-order valence-electron chi connectivity index (χ1n) is 8.86. The van der Waals surface area contributed by atoms with E-state index in [1.807, 2.05) is 22.4 Å². The Morgan fingerprint density at radius 3 is 2.92 bits per heavy atom. The molecule has 2 aliphatic heterocycles. The molecular formula is C17H23N5O2S. The standard InChI is InChI=1S/C17H23N5O2S/c1-12(16-19-15(20-24-16)14-5-3-11-25-14)21-7-9-22(10-8-21)17(23)13-4-2-6-18-13/h3,5,11-13,18H,2,4,6-10H2,1H3/t12?,13-/m0/s1. The van der Waals surface area contributed by atoms with Crippen LogP contribution >= 0.6 is 11.3 Å². The van der Waals surface area contributed by atoms with Gasteiger partial charge in [0.25, 0.3) is 0 Å². The van der Waals surface area contributed by atoms with E-state index in [1.54, 1.807) is 11.3 Å². The van der Waals surface area contributed by atoms with Crippen molar-refractivity contribution in [2.75, 3.05) is 32.7 Å². The van der Waals surface area contributed by atoms with E-state index in [-0.39, 0.29) is 18.0 Å². The van der Waals surface area contributed by atoms with Gasteiger partial charge in [0.1, 0.15) is 0 Å². The third kappa shape index (κ3) is 3.47. The Balaban J connectivity index is 1.35. The zero-order valence-corrected chi connectivity index (χ0v) is 15.2. The molecule has 0 bridgehead atoms. The van der Waals surface area contributed by atoms with Gasteiger partial charge in [0.05, 0.1) is 17.0 Å². The molecule has 0 aliphatic carbocycles. The van der Waals surface area contributed by atoms with Gasteiger partial charge in [-0.2, -0.15) is 4.98 Å². The average Bonchev–Trinajstić information content (AvgIpc) is 3.42. The van der Waals surface area contributed by atoms with E-state index in [0.717, 1.165) is 50.4 Å². The summed E-state index contributed by atoms with van der Waals surface area (Å²) in [5.74, 6) is 1.54. The third-order valence-electron chi connectivity index (χ3n) is 5.07. The zero-order chi connectivity index (χ0) is 17.2. The molecule has 2 fully saturated rings.